The molecule has 16 heavy (non-hydrogen) atoms. The highest BCUT2D eigenvalue weighted by Crippen LogP contribution is 2.05. The van der Waals surface area contributed by atoms with Crippen molar-refractivity contribution in [2.24, 2.45) is 0 Å². The van der Waals surface area contributed by atoms with Crippen molar-refractivity contribution in [3.05, 3.63) is 0 Å². The van der Waals surface area contributed by atoms with Crippen molar-refractivity contribution in [2.45, 2.75) is 39.7 Å². The minimum Gasteiger partial charge on any atom is -0.481 e. The number of amides is 2. The highest BCUT2D eigenvalue weighted by atomic mass is 16.4. The minimum atomic E-state index is -0.878. The molecule has 0 aliphatic carbocycles. The van der Waals surface area contributed by atoms with Gasteiger partial charge in [0.2, 0.25) is 0 Å². The molecule has 0 atom stereocenters. The van der Waals surface area contributed by atoms with Crippen molar-refractivity contribution < 1.29 is 14.7 Å². The SMILES string of the molecule is CCCN(C)C(=O)N(CCC(=O)O)C(C)C. The first-order valence-corrected chi connectivity index (χ1v) is 5.63. The number of hydrogen-bond acceptors (Lipinski definition) is 2. The number of rotatable bonds is 6. The standard InChI is InChI=1S/C11H22N2O3/c1-5-7-12(4)11(16)13(9(2)3)8-6-10(14)15/h9H,5-8H2,1-4H3,(H,14,15). The first-order chi connectivity index (χ1) is 7.40. The van der Waals surface area contributed by atoms with Crippen LogP contribution in [0.4, 0.5) is 4.79 Å². The predicted octanol–water partition coefficient (Wildman–Crippen LogP) is 1.63. The van der Waals surface area contributed by atoms with Crippen LogP contribution in [0.1, 0.15) is 33.6 Å². The lowest BCUT2D eigenvalue weighted by molar-refractivity contribution is -0.137. The van der Waals surface area contributed by atoms with E-state index in [4.69, 9.17) is 5.11 Å². The lowest BCUT2D eigenvalue weighted by atomic mass is 10.3. The fourth-order valence-corrected chi connectivity index (χ4v) is 1.44. The third kappa shape index (κ3) is 5.00. The van der Waals surface area contributed by atoms with Crippen LogP contribution in [0, 0.1) is 0 Å². The summed E-state index contributed by atoms with van der Waals surface area (Å²) in [6.07, 6.45) is 0.886. The molecule has 0 radical (unpaired) electrons. The van der Waals surface area contributed by atoms with Gasteiger partial charge in [0.1, 0.15) is 0 Å². The second-order valence-electron chi connectivity index (χ2n) is 4.14. The lowest BCUT2D eigenvalue weighted by Gasteiger charge is -2.30. The van der Waals surface area contributed by atoms with Gasteiger partial charge in [0, 0.05) is 26.2 Å². The van der Waals surface area contributed by atoms with Crippen LogP contribution >= 0.6 is 0 Å². The van der Waals surface area contributed by atoms with E-state index in [9.17, 15) is 9.59 Å². The summed E-state index contributed by atoms with van der Waals surface area (Å²) in [6.45, 7) is 6.73. The van der Waals surface area contributed by atoms with Gasteiger partial charge in [-0.25, -0.2) is 4.79 Å². The average molecular weight is 230 g/mol. The number of carboxylic acids is 1. The zero-order valence-electron chi connectivity index (χ0n) is 10.6. The molecule has 5 nitrogen and oxygen atoms in total. The molecule has 0 spiro atoms. The number of urea groups is 1. The Morgan fingerprint density at radius 1 is 1.25 bits per heavy atom. The molecular weight excluding hydrogens is 208 g/mol. The van der Waals surface area contributed by atoms with Crippen LogP contribution in [-0.2, 0) is 4.79 Å². The van der Waals surface area contributed by atoms with Crippen molar-refractivity contribution in [3.8, 4) is 0 Å². The number of carbonyl (C=O) groups excluding carboxylic acids is 1. The Balaban J connectivity index is 4.40. The molecule has 2 amide bonds. The van der Waals surface area contributed by atoms with Gasteiger partial charge in [-0.3, -0.25) is 4.79 Å². The van der Waals surface area contributed by atoms with Crippen LogP contribution in [0.2, 0.25) is 0 Å². The fraction of sp³-hybridized carbons (Fsp3) is 0.818. The summed E-state index contributed by atoms with van der Waals surface area (Å²) in [4.78, 5) is 25.7. The summed E-state index contributed by atoms with van der Waals surface area (Å²) < 4.78 is 0. The van der Waals surface area contributed by atoms with Crippen molar-refractivity contribution in [2.75, 3.05) is 20.1 Å². The van der Waals surface area contributed by atoms with Crippen LogP contribution in [0.5, 0.6) is 0 Å². The monoisotopic (exact) mass is 230 g/mol. The van der Waals surface area contributed by atoms with Gasteiger partial charge in [-0.1, -0.05) is 6.92 Å². The van der Waals surface area contributed by atoms with Gasteiger partial charge < -0.3 is 14.9 Å². The molecule has 94 valence electrons. The maximum Gasteiger partial charge on any atom is 0.319 e. The zero-order valence-corrected chi connectivity index (χ0v) is 10.6. The van der Waals surface area contributed by atoms with Crippen molar-refractivity contribution in [1.29, 1.82) is 0 Å². The predicted molar refractivity (Wildman–Crippen MR) is 62.4 cm³/mol. The van der Waals surface area contributed by atoms with Crippen LogP contribution in [-0.4, -0.2) is 53.1 Å². The Bertz CT molecular complexity index is 241. The molecule has 0 saturated heterocycles. The Morgan fingerprint density at radius 3 is 2.19 bits per heavy atom. The van der Waals surface area contributed by atoms with Gasteiger partial charge in [0.05, 0.1) is 6.42 Å². The van der Waals surface area contributed by atoms with Gasteiger partial charge in [0.15, 0.2) is 0 Å². The van der Waals surface area contributed by atoms with E-state index < -0.39 is 5.97 Å². The molecule has 0 fully saturated rings. The van der Waals surface area contributed by atoms with Crippen LogP contribution in [0.15, 0.2) is 0 Å². The van der Waals surface area contributed by atoms with Gasteiger partial charge >= 0.3 is 12.0 Å². The van der Waals surface area contributed by atoms with Crippen LogP contribution in [0.25, 0.3) is 0 Å². The maximum absolute atomic E-state index is 11.9. The quantitative estimate of drug-likeness (QED) is 0.754. The molecule has 0 heterocycles. The topological polar surface area (TPSA) is 60.9 Å². The second-order valence-corrected chi connectivity index (χ2v) is 4.14. The maximum atomic E-state index is 11.9. The molecule has 0 unspecified atom stereocenters. The first kappa shape index (κ1) is 14.7. The summed E-state index contributed by atoms with van der Waals surface area (Å²) >= 11 is 0. The summed E-state index contributed by atoms with van der Waals surface area (Å²) in [7, 11) is 1.74. The number of nitrogens with zero attached hydrogens (tertiary/aromatic N) is 2. The van der Waals surface area contributed by atoms with E-state index in [1.807, 2.05) is 20.8 Å². The number of carbonyl (C=O) groups is 2. The summed E-state index contributed by atoms with van der Waals surface area (Å²) in [5.74, 6) is -0.878. The van der Waals surface area contributed by atoms with Crippen molar-refractivity contribution >= 4 is 12.0 Å². The van der Waals surface area contributed by atoms with Crippen molar-refractivity contribution in [3.63, 3.8) is 0 Å². The molecule has 0 bridgehead atoms. The summed E-state index contributed by atoms with van der Waals surface area (Å²) in [5.41, 5.74) is 0. The normalized spacial score (nSPS) is 10.3. The molecule has 0 aromatic heterocycles. The van der Waals surface area contributed by atoms with E-state index in [1.165, 1.54) is 0 Å². The number of aliphatic carboxylic acids is 1. The van der Waals surface area contributed by atoms with Gasteiger partial charge in [0.25, 0.3) is 0 Å². The minimum absolute atomic E-state index is 0.0100. The fourth-order valence-electron chi connectivity index (χ4n) is 1.44. The van der Waals surface area contributed by atoms with Gasteiger partial charge in [-0.05, 0) is 20.3 Å². The Hall–Kier alpha value is -1.26. The number of hydrogen-bond donors (Lipinski definition) is 1. The van der Waals surface area contributed by atoms with E-state index in [0.29, 0.717) is 6.54 Å². The molecule has 0 aliphatic rings. The Labute approximate surface area is 97.0 Å². The van der Waals surface area contributed by atoms with E-state index in [-0.39, 0.29) is 25.0 Å². The third-order valence-electron chi connectivity index (χ3n) is 2.32. The van der Waals surface area contributed by atoms with E-state index in [2.05, 4.69) is 0 Å². The molecule has 5 heteroatoms. The molecule has 0 aromatic carbocycles. The molecule has 0 rings (SSSR count). The summed E-state index contributed by atoms with van der Waals surface area (Å²) in [6, 6.07) is -0.0794. The Kier molecular flexibility index (Phi) is 6.53. The van der Waals surface area contributed by atoms with E-state index >= 15 is 0 Å². The molecule has 0 saturated carbocycles. The second kappa shape index (κ2) is 7.09. The van der Waals surface area contributed by atoms with Crippen LogP contribution in [0.3, 0.4) is 0 Å². The van der Waals surface area contributed by atoms with Gasteiger partial charge in [-0.15, -0.1) is 0 Å². The van der Waals surface area contributed by atoms with Crippen LogP contribution < -0.4 is 0 Å². The Morgan fingerprint density at radius 2 is 1.81 bits per heavy atom. The third-order valence-corrected chi connectivity index (χ3v) is 2.32. The average Bonchev–Trinajstić information content (AvgIpc) is 2.17. The lowest BCUT2D eigenvalue weighted by Crippen LogP contribution is -2.45. The summed E-state index contributed by atoms with van der Waals surface area (Å²) in [5, 5.41) is 8.62. The molecule has 0 aliphatic heterocycles. The highest BCUT2D eigenvalue weighted by Gasteiger charge is 2.20. The molecule has 1 N–H and O–H groups in total. The number of carboxylic acid groups (broad SMARTS) is 1. The molecule has 0 aromatic rings. The zero-order chi connectivity index (χ0) is 12.7. The highest BCUT2D eigenvalue weighted by molar-refractivity contribution is 5.75. The largest absolute Gasteiger partial charge is 0.481 e. The van der Waals surface area contributed by atoms with E-state index in [0.717, 1.165) is 6.42 Å². The smallest absolute Gasteiger partial charge is 0.319 e. The molecular formula is C11H22N2O3. The van der Waals surface area contributed by atoms with Gasteiger partial charge in [-0.2, -0.15) is 0 Å². The van der Waals surface area contributed by atoms with E-state index in [1.54, 1.807) is 16.8 Å². The van der Waals surface area contributed by atoms with Crippen molar-refractivity contribution in [1.82, 2.24) is 9.80 Å². The first-order valence-electron chi connectivity index (χ1n) is 5.63.